The molecule has 0 aliphatic heterocycles. The van der Waals surface area contributed by atoms with Crippen molar-refractivity contribution in [3.05, 3.63) is 17.5 Å². The molecule has 0 saturated heterocycles. The lowest BCUT2D eigenvalue weighted by Crippen LogP contribution is -2.46. The van der Waals surface area contributed by atoms with Gasteiger partial charge in [0, 0.05) is 13.1 Å². The number of hydrogen-bond donors (Lipinski definition) is 1. The minimum atomic E-state index is -0.577. The Kier molecular flexibility index (Phi) is 3.17. The van der Waals surface area contributed by atoms with Crippen LogP contribution in [0, 0.1) is 11.3 Å². The van der Waals surface area contributed by atoms with E-state index in [1.54, 1.807) is 11.3 Å². The van der Waals surface area contributed by atoms with Gasteiger partial charge in [-0.3, -0.25) is 0 Å². The number of nitriles is 1. The summed E-state index contributed by atoms with van der Waals surface area (Å²) in [6, 6.07) is 6.98. The summed E-state index contributed by atoms with van der Waals surface area (Å²) < 4.78 is 0. The first-order chi connectivity index (χ1) is 7.64. The fourth-order valence-corrected chi connectivity index (χ4v) is 3.04. The van der Waals surface area contributed by atoms with Crippen LogP contribution < -0.4 is 10.6 Å². The quantitative estimate of drug-likeness (QED) is 0.856. The zero-order valence-corrected chi connectivity index (χ0v) is 10.3. The molecule has 0 unspecified atom stereocenters. The van der Waals surface area contributed by atoms with Crippen molar-refractivity contribution in [2.45, 2.75) is 37.3 Å². The first-order valence-electron chi connectivity index (χ1n) is 5.61. The molecule has 0 atom stereocenters. The van der Waals surface area contributed by atoms with E-state index in [1.165, 1.54) is 5.00 Å². The van der Waals surface area contributed by atoms with Crippen LogP contribution in [0.15, 0.2) is 17.5 Å². The fourth-order valence-electron chi connectivity index (χ4n) is 2.27. The van der Waals surface area contributed by atoms with Crippen molar-refractivity contribution in [1.29, 1.82) is 5.26 Å². The highest BCUT2D eigenvalue weighted by atomic mass is 32.1. The highest BCUT2D eigenvalue weighted by Gasteiger charge is 2.33. The maximum absolute atomic E-state index is 8.97. The Morgan fingerprint density at radius 3 is 2.75 bits per heavy atom. The molecule has 4 heteroatoms. The highest BCUT2D eigenvalue weighted by Crippen LogP contribution is 2.32. The normalized spacial score (nSPS) is 29.7. The molecule has 1 aromatic rings. The van der Waals surface area contributed by atoms with Crippen LogP contribution in [0.3, 0.4) is 0 Å². The van der Waals surface area contributed by atoms with Gasteiger partial charge in [0.1, 0.15) is 5.54 Å². The van der Waals surface area contributed by atoms with Gasteiger partial charge in [-0.25, -0.2) is 0 Å². The summed E-state index contributed by atoms with van der Waals surface area (Å²) in [5.41, 5.74) is 5.39. The minimum Gasteiger partial charge on any atom is -0.364 e. The van der Waals surface area contributed by atoms with E-state index in [9.17, 15) is 0 Å². The molecule has 2 N–H and O–H groups in total. The second kappa shape index (κ2) is 4.44. The Morgan fingerprint density at radius 1 is 1.56 bits per heavy atom. The average Bonchev–Trinajstić information content (AvgIpc) is 2.83. The molecular formula is C12H17N3S. The number of nitrogens with two attached hydrogens (primary N) is 1. The SMILES string of the molecule is CN(c1cccs1)C1CCC(N)(C#N)CC1. The molecule has 1 heterocycles. The third-order valence-electron chi connectivity index (χ3n) is 3.47. The zero-order valence-electron chi connectivity index (χ0n) is 9.52. The Morgan fingerprint density at radius 2 is 2.25 bits per heavy atom. The second-order valence-corrected chi connectivity index (χ2v) is 5.49. The van der Waals surface area contributed by atoms with Gasteiger partial charge >= 0.3 is 0 Å². The highest BCUT2D eigenvalue weighted by molar-refractivity contribution is 7.14. The van der Waals surface area contributed by atoms with Gasteiger partial charge in [-0.2, -0.15) is 5.26 Å². The monoisotopic (exact) mass is 235 g/mol. The molecule has 1 fully saturated rings. The second-order valence-electron chi connectivity index (χ2n) is 4.56. The van der Waals surface area contributed by atoms with Crippen LogP contribution >= 0.6 is 11.3 Å². The maximum atomic E-state index is 8.97. The predicted molar refractivity (Wildman–Crippen MR) is 67.5 cm³/mol. The smallest absolute Gasteiger partial charge is 0.104 e. The third kappa shape index (κ3) is 2.21. The molecule has 1 aliphatic carbocycles. The molecular weight excluding hydrogens is 218 g/mol. The molecule has 16 heavy (non-hydrogen) atoms. The van der Waals surface area contributed by atoms with Crippen LogP contribution in [0.25, 0.3) is 0 Å². The number of rotatable bonds is 2. The third-order valence-corrected chi connectivity index (χ3v) is 4.43. The van der Waals surface area contributed by atoms with Crippen LogP contribution in [0.5, 0.6) is 0 Å². The molecule has 1 aliphatic rings. The summed E-state index contributed by atoms with van der Waals surface area (Å²) in [5.74, 6) is 0. The summed E-state index contributed by atoms with van der Waals surface area (Å²) >= 11 is 1.76. The number of thiophene rings is 1. The summed E-state index contributed by atoms with van der Waals surface area (Å²) in [6.45, 7) is 0. The van der Waals surface area contributed by atoms with Crippen molar-refractivity contribution in [3.8, 4) is 6.07 Å². The summed E-state index contributed by atoms with van der Waals surface area (Å²) in [6.07, 6.45) is 3.64. The van der Waals surface area contributed by atoms with E-state index in [0.29, 0.717) is 6.04 Å². The number of nitrogens with zero attached hydrogens (tertiary/aromatic N) is 2. The van der Waals surface area contributed by atoms with E-state index >= 15 is 0 Å². The van der Waals surface area contributed by atoms with Crippen molar-refractivity contribution < 1.29 is 0 Å². The molecule has 3 nitrogen and oxygen atoms in total. The molecule has 1 aromatic heterocycles. The van der Waals surface area contributed by atoms with Crippen molar-refractivity contribution >= 4 is 16.3 Å². The number of hydrogen-bond acceptors (Lipinski definition) is 4. The standard InChI is InChI=1S/C12H17N3S/c1-15(11-3-2-8-16-11)10-4-6-12(14,9-13)7-5-10/h2-3,8,10H,4-7,14H2,1H3. The summed E-state index contributed by atoms with van der Waals surface area (Å²) in [7, 11) is 2.13. The largest absolute Gasteiger partial charge is 0.364 e. The van der Waals surface area contributed by atoms with Gasteiger partial charge in [-0.1, -0.05) is 0 Å². The van der Waals surface area contributed by atoms with E-state index in [4.69, 9.17) is 11.0 Å². The van der Waals surface area contributed by atoms with Gasteiger partial charge < -0.3 is 10.6 Å². The van der Waals surface area contributed by atoms with Gasteiger partial charge in [0.15, 0.2) is 0 Å². The molecule has 0 radical (unpaired) electrons. The van der Waals surface area contributed by atoms with Gasteiger partial charge in [0.2, 0.25) is 0 Å². The minimum absolute atomic E-state index is 0.531. The number of anilines is 1. The van der Waals surface area contributed by atoms with E-state index in [1.807, 2.05) is 0 Å². The molecule has 0 aromatic carbocycles. The Labute approximate surface area is 100 Å². The predicted octanol–water partition coefficient (Wildman–Crippen LogP) is 2.35. The summed E-state index contributed by atoms with van der Waals surface area (Å²) in [4.78, 5) is 2.32. The Balaban J connectivity index is 1.97. The van der Waals surface area contributed by atoms with Crippen LogP contribution in [-0.2, 0) is 0 Å². The van der Waals surface area contributed by atoms with Crippen molar-refractivity contribution in [2.24, 2.45) is 5.73 Å². The van der Waals surface area contributed by atoms with Gasteiger partial charge in [0.25, 0.3) is 0 Å². The fraction of sp³-hybridized carbons (Fsp3) is 0.583. The molecule has 0 spiro atoms. The Hall–Kier alpha value is -1.05. The van der Waals surface area contributed by atoms with Gasteiger partial charge in [0.05, 0.1) is 11.1 Å². The van der Waals surface area contributed by atoms with Crippen molar-refractivity contribution in [1.82, 2.24) is 0 Å². The molecule has 0 amide bonds. The topological polar surface area (TPSA) is 53.0 Å². The Bertz CT molecular complexity index is 371. The summed E-state index contributed by atoms with van der Waals surface area (Å²) in [5, 5.41) is 12.4. The lowest BCUT2D eigenvalue weighted by molar-refractivity contribution is 0.328. The van der Waals surface area contributed by atoms with E-state index < -0.39 is 5.54 Å². The molecule has 86 valence electrons. The van der Waals surface area contributed by atoms with Crippen molar-refractivity contribution in [2.75, 3.05) is 11.9 Å². The molecule has 1 saturated carbocycles. The van der Waals surface area contributed by atoms with Crippen LogP contribution in [-0.4, -0.2) is 18.6 Å². The van der Waals surface area contributed by atoms with Crippen LogP contribution in [0.4, 0.5) is 5.00 Å². The van der Waals surface area contributed by atoms with Crippen LogP contribution in [0.1, 0.15) is 25.7 Å². The first-order valence-corrected chi connectivity index (χ1v) is 6.49. The van der Waals surface area contributed by atoms with E-state index in [2.05, 4.69) is 35.5 Å². The van der Waals surface area contributed by atoms with Crippen LogP contribution in [0.2, 0.25) is 0 Å². The molecule has 2 rings (SSSR count). The van der Waals surface area contributed by atoms with Gasteiger partial charge in [-0.15, -0.1) is 11.3 Å². The lowest BCUT2D eigenvalue weighted by Gasteiger charge is -2.37. The van der Waals surface area contributed by atoms with E-state index in [-0.39, 0.29) is 0 Å². The van der Waals surface area contributed by atoms with E-state index in [0.717, 1.165) is 25.7 Å². The van der Waals surface area contributed by atoms with Crippen molar-refractivity contribution in [3.63, 3.8) is 0 Å². The first kappa shape index (κ1) is 11.4. The van der Waals surface area contributed by atoms with Gasteiger partial charge in [-0.05, 0) is 43.2 Å². The zero-order chi connectivity index (χ0) is 11.6. The maximum Gasteiger partial charge on any atom is 0.104 e. The molecule has 0 bridgehead atoms. The lowest BCUT2D eigenvalue weighted by atomic mass is 9.81. The average molecular weight is 235 g/mol.